The molecule has 0 fully saturated rings. The number of aromatic nitrogens is 6. The molecule has 3 aromatic rings. The zero-order valence-corrected chi connectivity index (χ0v) is 11.7. The van der Waals surface area contributed by atoms with Crippen molar-refractivity contribution in [2.24, 2.45) is 0 Å². The van der Waals surface area contributed by atoms with E-state index < -0.39 is 0 Å². The first kappa shape index (κ1) is 12.8. The lowest BCUT2D eigenvalue weighted by Crippen LogP contribution is -2.05. The quantitative estimate of drug-likeness (QED) is 0.694. The molecule has 102 valence electrons. The fourth-order valence-corrected chi connectivity index (χ4v) is 2.45. The van der Waals surface area contributed by atoms with Gasteiger partial charge in [-0.3, -0.25) is 0 Å². The van der Waals surface area contributed by atoms with Gasteiger partial charge in [-0.05, 0) is 24.2 Å². The lowest BCUT2D eigenvalue weighted by Gasteiger charge is -2.06. The van der Waals surface area contributed by atoms with Crippen LogP contribution in [0.3, 0.4) is 0 Å². The average molecular weight is 287 g/mol. The van der Waals surface area contributed by atoms with E-state index in [4.69, 9.17) is 0 Å². The van der Waals surface area contributed by atoms with Crippen molar-refractivity contribution in [3.8, 4) is 0 Å². The van der Waals surface area contributed by atoms with Crippen molar-refractivity contribution in [2.75, 3.05) is 11.9 Å². The van der Waals surface area contributed by atoms with Crippen molar-refractivity contribution < 1.29 is 0 Å². The van der Waals surface area contributed by atoms with Gasteiger partial charge in [0, 0.05) is 12.7 Å². The van der Waals surface area contributed by atoms with Crippen LogP contribution in [-0.4, -0.2) is 36.4 Å². The van der Waals surface area contributed by atoms with Crippen molar-refractivity contribution in [3.05, 3.63) is 24.9 Å². The molecule has 3 aromatic heterocycles. The number of aromatic amines is 1. The van der Waals surface area contributed by atoms with Gasteiger partial charge in [0.15, 0.2) is 5.65 Å². The number of imidazole rings is 1. The molecule has 8 heteroatoms. The number of H-pyrrole nitrogens is 1. The van der Waals surface area contributed by atoms with E-state index in [1.54, 1.807) is 12.5 Å². The van der Waals surface area contributed by atoms with Crippen molar-refractivity contribution in [1.82, 2.24) is 29.9 Å². The summed E-state index contributed by atoms with van der Waals surface area (Å²) in [5.41, 5.74) is 1.46. The van der Waals surface area contributed by atoms with Crippen LogP contribution in [0, 0.1) is 0 Å². The Morgan fingerprint density at radius 2 is 2.25 bits per heavy atom. The Kier molecular flexibility index (Phi) is 3.73. The maximum atomic E-state index is 4.51. The summed E-state index contributed by atoms with van der Waals surface area (Å²) in [6, 6.07) is 1.84. The first-order valence-corrected chi connectivity index (χ1v) is 7.07. The summed E-state index contributed by atoms with van der Waals surface area (Å²) in [6.07, 6.45) is 5.85. The van der Waals surface area contributed by atoms with Gasteiger partial charge in [0.1, 0.15) is 21.9 Å². The van der Waals surface area contributed by atoms with Crippen molar-refractivity contribution in [1.29, 1.82) is 0 Å². The van der Waals surface area contributed by atoms with Crippen LogP contribution in [0.15, 0.2) is 35.0 Å². The molecule has 0 atom stereocenters. The van der Waals surface area contributed by atoms with E-state index >= 15 is 0 Å². The minimum atomic E-state index is 0.586. The summed E-state index contributed by atoms with van der Waals surface area (Å²) in [4.78, 5) is 24.2. The van der Waals surface area contributed by atoms with Gasteiger partial charge in [0.2, 0.25) is 5.95 Å². The summed E-state index contributed by atoms with van der Waals surface area (Å²) in [5, 5.41) is 4.81. The van der Waals surface area contributed by atoms with Crippen LogP contribution >= 0.6 is 11.8 Å². The third-order valence-corrected chi connectivity index (χ3v) is 3.48. The molecule has 0 spiro atoms. The Morgan fingerprint density at radius 3 is 3.05 bits per heavy atom. The Balaban J connectivity index is 1.97. The highest BCUT2D eigenvalue weighted by molar-refractivity contribution is 7.99. The maximum absolute atomic E-state index is 4.51. The Bertz CT molecular complexity index is 697. The Hall–Kier alpha value is -2.22. The number of fused-ring (bicyclic) bond motifs is 1. The van der Waals surface area contributed by atoms with E-state index in [2.05, 4.69) is 42.1 Å². The molecule has 0 aliphatic heterocycles. The molecule has 0 saturated heterocycles. The Labute approximate surface area is 119 Å². The number of hydrogen-bond donors (Lipinski definition) is 2. The monoisotopic (exact) mass is 287 g/mol. The minimum absolute atomic E-state index is 0.586. The third kappa shape index (κ3) is 2.69. The molecular formula is C12H13N7S. The van der Waals surface area contributed by atoms with Crippen LogP contribution in [-0.2, 0) is 0 Å². The predicted octanol–water partition coefficient (Wildman–Crippen LogP) is 2.12. The molecule has 0 aromatic carbocycles. The lowest BCUT2D eigenvalue weighted by molar-refractivity contribution is 0.942. The second-order valence-corrected chi connectivity index (χ2v) is 5.04. The molecule has 0 amide bonds. The van der Waals surface area contributed by atoms with Crippen LogP contribution in [0.2, 0.25) is 0 Å². The third-order valence-electron chi connectivity index (χ3n) is 2.54. The highest BCUT2D eigenvalue weighted by Gasteiger charge is 2.11. The molecule has 0 saturated carbocycles. The SMILES string of the molecule is CCCNc1nc(Sc2ccncn2)c2[nH]cnc2n1. The van der Waals surface area contributed by atoms with E-state index in [0.717, 1.165) is 28.5 Å². The number of anilines is 1. The van der Waals surface area contributed by atoms with E-state index in [9.17, 15) is 0 Å². The molecule has 2 N–H and O–H groups in total. The normalized spacial score (nSPS) is 10.8. The van der Waals surface area contributed by atoms with Gasteiger partial charge in [0.05, 0.1) is 6.33 Å². The van der Waals surface area contributed by atoms with E-state index in [-0.39, 0.29) is 0 Å². The molecule has 20 heavy (non-hydrogen) atoms. The average Bonchev–Trinajstić information content (AvgIpc) is 2.95. The molecule has 0 aliphatic rings. The standard InChI is InChI=1S/C12H13N7S/c1-2-4-14-12-18-10-9(16-7-17-10)11(19-12)20-8-3-5-13-6-15-8/h3,5-7H,2,4H2,1H3,(H2,14,16,17,18,19). The largest absolute Gasteiger partial charge is 0.354 e. The predicted molar refractivity (Wildman–Crippen MR) is 76.6 cm³/mol. The first-order chi connectivity index (χ1) is 9.86. The van der Waals surface area contributed by atoms with Crippen molar-refractivity contribution >= 4 is 28.9 Å². The van der Waals surface area contributed by atoms with Gasteiger partial charge < -0.3 is 10.3 Å². The van der Waals surface area contributed by atoms with Crippen LogP contribution in [0.1, 0.15) is 13.3 Å². The number of nitrogens with zero attached hydrogens (tertiary/aromatic N) is 5. The molecule has 0 aliphatic carbocycles. The Morgan fingerprint density at radius 1 is 1.30 bits per heavy atom. The summed E-state index contributed by atoms with van der Waals surface area (Å²) in [5.74, 6) is 0.586. The van der Waals surface area contributed by atoms with Gasteiger partial charge in [-0.15, -0.1) is 0 Å². The van der Waals surface area contributed by atoms with Crippen molar-refractivity contribution in [3.63, 3.8) is 0 Å². The lowest BCUT2D eigenvalue weighted by atomic mass is 10.5. The molecule has 0 unspecified atom stereocenters. The van der Waals surface area contributed by atoms with E-state index in [1.807, 2.05) is 6.07 Å². The smallest absolute Gasteiger partial charge is 0.225 e. The van der Waals surface area contributed by atoms with Crippen LogP contribution < -0.4 is 5.32 Å². The van der Waals surface area contributed by atoms with Gasteiger partial charge in [-0.2, -0.15) is 4.98 Å². The molecule has 3 rings (SSSR count). The van der Waals surface area contributed by atoms with Crippen LogP contribution in [0.25, 0.3) is 11.2 Å². The topological polar surface area (TPSA) is 92.3 Å². The maximum Gasteiger partial charge on any atom is 0.225 e. The first-order valence-electron chi connectivity index (χ1n) is 6.25. The van der Waals surface area contributed by atoms with Gasteiger partial charge in [0.25, 0.3) is 0 Å². The summed E-state index contributed by atoms with van der Waals surface area (Å²) in [7, 11) is 0. The molecule has 0 bridgehead atoms. The summed E-state index contributed by atoms with van der Waals surface area (Å²) < 4.78 is 0. The van der Waals surface area contributed by atoms with E-state index in [1.165, 1.54) is 18.1 Å². The molecule has 7 nitrogen and oxygen atoms in total. The van der Waals surface area contributed by atoms with Crippen molar-refractivity contribution in [2.45, 2.75) is 23.4 Å². The highest BCUT2D eigenvalue weighted by atomic mass is 32.2. The minimum Gasteiger partial charge on any atom is -0.354 e. The number of hydrogen-bond acceptors (Lipinski definition) is 7. The van der Waals surface area contributed by atoms with Crippen LogP contribution in [0.5, 0.6) is 0 Å². The van der Waals surface area contributed by atoms with Gasteiger partial charge in [-0.1, -0.05) is 6.92 Å². The van der Waals surface area contributed by atoms with Crippen LogP contribution in [0.4, 0.5) is 5.95 Å². The number of nitrogens with one attached hydrogen (secondary N) is 2. The molecular weight excluding hydrogens is 274 g/mol. The molecule has 3 heterocycles. The summed E-state index contributed by atoms with van der Waals surface area (Å²) in [6.45, 7) is 2.92. The fourth-order valence-electron chi connectivity index (χ4n) is 1.63. The fraction of sp³-hybridized carbons (Fsp3) is 0.250. The second-order valence-electron chi connectivity index (χ2n) is 4.03. The zero-order valence-electron chi connectivity index (χ0n) is 10.9. The second kappa shape index (κ2) is 5.83. The van der Waals surface area contributed by atoms with Gasteiger partial charge in [-0.25, -0.2) is 19.9 Å². The summed E-state index contributed by atoms with van der Waals surface area (Å²) >= 11 is 1.46. The van der Waals surface area contributed by atoms with Gasteiger partial charge >= 0.3 is 0 Å². The highest BCUT2D eigenvalue weighted by Crippen LogP contribution is 2.29. The zero-order chi connectivity index (χ0) is 13.8. The molecule has 0 radical (unpaired) electrons. The van der Waals surface area contributed by atoms with E-state index in [0.29, 0.717) is 11.6 Å². The number of rotatable bonds is 5.